The third-order valence-electron chi connectivity index (χ3n) is 2.29. The van der Waals surface area contributed by atoms with Crippen LogP contribution in [0.2, 0.25) is 0 Å². The Morgan fingerprint density at radius 1 is 1.20 bits per heavy atom. The number of rotatable bonds is 6. The molecule has 1 nitrogen and oxygen atoms in total. The van der Waals surface area contributed by atoms with E-state index in [9.17, 15) is 8.78 Å². The zero-order valence-electron chi connectivity index (χ0n) is 9.02. The van der Waals surface area contributed by atoms with Crippen LogP contribution in [0.5, 0.6) is 0 Å². The second-order valence-electron chi connectivity index (χ2n) is 3.59. The van der Waals surface area contributed by atoms with Crippen LogP contribution in [0, 0.1) is 11.6 Å². The lowest BCUT2D eigenvalue weighted by Crippen LogP contribution is -2.18. The molecule has 0 atom stereocenters. The smallest absolute Gasteiger partial charge is 0.126 e. The van der Waals surface area contributed by atoms with Crippen LogP contribution >= 0.6 is 0 Å². The third-order valence-corrected chi connectivity index (χ3v) is 2.29. The molecule has 0 aromatic heterocycles. The van der Waals surface area contributed by atoms with E-state index in [1.807, 2.05) is 0 Å². The van der Waals surface area contributed by atoms with Gasteiger partial charge in [-0.15, -0.1) is 0 Å². The summed E-state index contributed by atoms with van der Waals surface area (Å²) < 4.78 is 25.9. The predicted octanol–water partition coefficient (Wildman–Crippen LogP) is 2.90. The van der Waals surface area contributed by atoms with Gasteiger partial charge in [-0.2, -0.15) is 0 Å². The van der Waals surface area contributed by atoms with Crippen molar-refractivity contribution in [3.8, 4) is 0 Å². The van der Waals surface area contributed by atoms with Crippen LogP contribution in [0.4, 0.5) is 8.78 Å². The minimum absolute atomic E-state index is 0.325. The molecule has 0 spiro atoms. The molecule has 0 saturated carbocycles. The van der Waals surface area contributed by atoms with E-state index in [0.29, 0.717) is 18.5 Å². The molecular weight excluding hydrogens is 196 g/mol. The van der Waals surface area contributed by atoms with E-state index in [4.69, 9.17) is 0 Å². The Labute approximate surface area is 89.5 Å². The summed E-state index contributed by atoms with van der Waals surface area (Å²) in [5.74, 6) is -0.700. The first kappa shape index (κ1) is 12.1. The molecule has 0 heterocycles. The molecule has 1 aromatic rings. The standard InChI is InChI=1S/C12H17F2N/c1-2-3-7-15-8-6-10-9-11(13)4-5-12(10)14/h4-5,9,15H,2-3,6-8H2,1H3. The van der Waals surface area contributed by atoms with Crippen LogP contribution in [0.25, 0.3) is 0 Å². The Hall–Kier alpha value is -0.960. The minimum Gasteiger partial charge on any atom is -0.316 e. The Morgan fingerprint density at radius 3 is 2.73 bits per heavy atom. The first-order chi connectivity index (χ1) is 7.24. The topological polar surface area (TPSA) is 12.0 Å². The molecule has 0 unspecified atom stereocenters. The zero-order valence-corrected chi connectivity index (χ0v) is 9.02. The Kier molecular flexibility index (Phi) is 5.26. The molecule has 3 heteroatoms. The van der Waals surface area contributed by atoms with E-state index in [2.05, 4.69) is 12.2 Å². The third kappa shape index (κ3) is 4.38. The van der Waals surface area contributed by atoms with Crippen LogP contribution in [0.15, 0.2) is 18.2 Å². The molecule has 0 aliphatic rings. The second kappa shape index (κ2) is 6.51. The van der Waals surface area contributed by atoms with E-state index < -0.39 is 0 Å². The fourth-order valence-corrected chi connectivity index (χ4v) is 1.38. The van der Waals surface area contributed by atoms with Crippen molar-refractivity contribution in [1.82, 2.24) is 5.32 Å². The molecule has 1 aromatic carbocycles. The summed E-state index contributed by atoms with van der Waals surface area (Å²) in [5, 5.41) is 3.19. The molecule has 0 bridgehead atoms. The number of hydrogen-bond acceptors (Lipinski definition) is 1. The van der Waals surface area contributed by atoms with Crippen molar-refractivity contribution in [2.45, 2.75) is 26.2 Å². The van der Waals surface area contributed by atoms with Crippen molar-refractivity contribution in [2.24, 2.45) is 0 Å². The number of unbranched alkanes of at least 4 members (excludes halogenated alkanes) is 1. The van der Waals surface area contributed by atoms with Gasteiger partial charge < -0.3 is 5.32 Å². The summed E-state index contributed by atoms with van der Waals surface area (Å²) in [4.78, 5) is 0. The van der Waals surface area contributed by atoms with Gasteiger partial charge >= 0.3 is 0 Å². The highest BCUT2D eigenvalue weighted by Crippen LogP contribution is 2.09. The lowest BCUT2D eigenvalue weighted by Gasteiger charge is -2.05. The van der Waals surface area contributed by atoms with Gasteiger partial charge in [0.05, 0.1) is 0 Å². The highest BCUT2D eigenvalue weighted by molar-refractivity contribution is 5.18. The van der Waals surface area contributed by atoms with E-state index >= 15 is 0 Å². The maximum Gasteiger partial charge on any atom is 0.126 e. The van der Waals surface area contributed by atoms with Crippen LogP contribution in [-0.4, -0.2) is 13.1 Å². The van der Waals surface area contributed by atoms with E-state index in [0.717, 1.165) is 25.5 Å². The van der Waals surface area contributed by atoms with Gasteiger partial charge in [-0.25, -0.2) is 8.78 Å². The molecule has 0 aliphatic heterocycles. The lowest BCUT2D eigenvalue weighted by atomic mass is 10.1. The fourth-order valence-electron chi connectivity index (χ4n) is 1.38. The van der Waals surface area contributed by atoms with Gasteiger partial charge in [-0.05, 0) is 49.7 Å². The van der Waals surface area contributed by atoms with E-state index in [1.165, 1.54) is 12.1 Å². The van der Waals surface area contributed by atoms with Gasteiger partial charge in [0.2, 0.25) is 0 Å². The van der Waals surface area contributed by atoms with Crippen LogP contribution in [0.3, 0.4) is 0 Å². The summed E-state index contributed by atoms with van der Waals surface area (Å²) in [6, 6.07) is 3.58. The Morgan fingerprint density at radius 2 is 2.00 bits per heavy atom. The van der Waals surface area contributed by atoms with Crippen LogP contribution in [0.1, 0.15) is 25.3 Å². The zero-order chi connectivity index (χ0) is 11.1. The molecule has 0 saturated heterocycles. The monoisotopic (exact) mass is 213 g/mol. The first-order valence-corrected chi connectivity index (χ1v) is 5.38. The molecule has 0 fully saturated rings. The highest BCUT2D eigenvalue weighted by atomic mass is 19.1. The quantitative estimate of drug-likeness (QED) is 0.716. The summed E-state index contributed by atoms with van der Waals surface area (Å²) in [6.45, 7) is 3.75. The van der Waals surface area contributed by atoms with Gasteiger partial charge in [-0.3, -0.25) is 0 Å². The molecule has 15 heavy (non-hydrogen) atoms. The molecular formula is C12H17F2N. The average molecular weight is 213 g/mol. The number of nitrogens with one attached hydrogen (secondary N) is 1. The fraction of sp³-hybridized carbons (Fsp3) is 0.500. The normalized spacial score (nSPS) is 10.6. The number of hydrogen-bond donors (Lipinski definition) is 1. The summed E-state index contributed by atoms with van der Waals surface area (Å²) in [5.41, 5.74) is 0.444. The van der Waals surface area contributed by atoms with Crippen molar-refractivity contribution < 1.29 is 8.78 Å². The van der Waals surface area contributed by atoms with Gasteiger partial charge in [0.1, 0.15) is 11.6 Å². The van der Waals surface area contributed by atoms with Crippen molar-refractivity contribution in [3.05, 3.63) is 35.4 Å². The van der Waals surface area contributed by atoms with Gasteiger partial charge in [0, 0.05) is 0 Å². The Bertz CT molecular complexity index is 300. The van der Waals surface area contributed by atoms with Gasteiger partial charge in [-0.1, -0.05) is 13.3 Å². The minimum atomic E-state index is -0.375. The molecule has 0 radical (unpaired) electrons. The first-order valence-electron chi connectivity index (χ1n) is 5.38. The van der Waals surface area contributed by atoms with Crippen molar-refractivity contribution in [3.63, 3.8) is 0 Å². The molecule has 0 amide bonds. The average Bonchev–Trinajstić information content (AvgIpc) is 2.23. The SMILES string of the molecule is CCCCNCCc1cc(F)ccc1F. The highest BCUT2D eigenvalue weighted by Gasteiger charge is 2.02. The number of halogens is 2. The predicted molar refractivity (Wildman–Crippen MR) is 57.8 cm³/mol. The lowest BCUT2D eigenvalue weighted by molar-refractivity contribution is 0.574. The van der Waals surface area contributed by atoms with E-state index in [-0.39, 0.29) is 11.6 Å². The second-order valence-corrected chi connectivity index (χ2v) is 3.59. The largest absolute Gasteiger partial charge is 0.316 e. The van der Waals surface area contributed by atoms with E-state index in [1.54, 1.807) is 0 Å². The molecule has 1 rings (SSSR count). The summed E-state index contributed by atoms with van der Waals surface area (Å²) >= 11 is 0. The Balaban J connectivity index is 2.33. The van der Waals surface area contributed by atoms with Crippen LogP contribution in [-0.2, 0) is 6.42 Å². The summed E-state index contributed by atoms with van der Waals surface area (Å²) in [7, 11) is 0. The summed E-state index contributed by atoms with van der Waals surface area (Å²) in [6.07, 6.45) is 2.79. The number of benzene rings is 1. The van der Waals surface area contributed by atoms with Crippen molar-refractivity contribution in [1.29, 1.82) is 0 Å². The van der Waals surface area contributed by atoms with Crippen molar-refractivity contribution >= 4 is 0 Å². The molecule has 1 N–H and O–H groups in total. The van der Waals surface area contributed by atoms with Gasteiger partial charge in [0.25, 0.3) is 0 Å². The van der Waals surface area contributed by atoms with Crippen molar-refractivity contribution in [2.75, 3.05) is 13.1 Å². The van der Waals surface area contributed by atoms with Gasteiger partial charge in [0.15, 0.2) is 0 Å². The molecule has 0 aliphatic carbocycles. The molecule has 84 valence electrons. The maximum absolute atomic E-state index is 13.2. The maximum atomic E-state index is 13.2. The van der Waals surface area contributed by atoms with Crippen LogP contribution < -0.4 is 5.32 Å².